The van der Waals surface area contributed by atoms with Gasteiger partial charge in [0.05, 0.1) is 25.9 Å². The minimum absolute atomic E-state index is 0.137. The van der Waals surface area contributed by atoms with Crippen LogP contribution in [0.2, 0.25) is 15.1 Å². The summed E-state index contributed by atoms with van der Waals surface area (Å²) < 4.78 is 1.99. The summed E-state index contributed by atoms with van der Waals surface area (Å²) in [4.78, 5) is 16.6. The zero-order valence-corrected chi connectivity index (χ0v) is 16.1. The molecule has 0 fully saturated rings. The molecule has 2 aromatic carbocycles. The van der Waals surface area contributed by atoms with E-state index in [0.29, 0.717) is 32.9 Å². The molecule has 1 N–H and O–H groups in total. The van der Waals surface area contributed by atoms with Crippen molar-refractivity contribution in [3.63, 3.8) is 0 Å². The Hall–Kier alpha value is -0.980. The zero-order chi connectivity index (χ0) is 17.1. The van der Waals surface area contributed by atoms with Gasteiger partial charge in [0.25, 0.3) is 0 Å². The summed E-state index contributed by atoms with van der Waals surface area (Å²) in [5, 5.41) is 4.26. The first-order valence-corrected chi connectivity index (χ1v) is 9.89. The van der Waals surface area contributed by atoms with E-state index in [1.54, 1.807) is 29.5 Å². The third-order valence-electron chi connectivity index (χ3n) is 3.11. The number of hydrogen-bond donors (Lipinski definition) is 1. The molecule has 1 aromatic heterocycles. The van der Waals surface area contributed by atoms with E-state index in [2.05, 4.69) is 10.3 Å². The average Bonchev–Trinajstić information content (AvgIpc) is 2.93. The number of anilines is 1. The van der Waals surface area contributed by atoms with Crippen LogP contribution in [0.15, 0.2) is 40.7 Å². The highest BCUT2D eigenvalue weighted by molar-refractivity contribution is 8.01. The second-order valence-corrected chi connectivity index (χ2v) is 8.46. The summed E-state index contributed by atoms with van der Waals surface area (Å²) >= 11 is 21.2. The molecule has 24 heavy (non-hydrogen) atoms. The van der Waals surface area contributed by atoms with E-state index in [1.165, 1.54) is 11.8 Å². The van der Waals surface area contributed by atoms with Crippen molar-refractivity contribution >= 4 is 79.7 Å². The van der Waals surface area contributed by atoms with Gasteiger partial charge in [-0.1, -0.05) is 52.6 Å². The maximum absolute atomic E-state index is 12.0. The van der Waals surface area contributed by atoms with Gasteiger partial charge in [-0.15, -0.1) is 11.3 Å². The second kappa shape index (κ2) is 7.93. The van der Waals surface area contributed by atoms with E-state index in [0.717, 1.165) is 14.6 Å². The topological polar surface area (TPSA) is 42.0 Å². The lowest BCUT2D eigenvalue weighted by Gasteiger charge is -2.08. The Balaban J connectivity index is 1.56. The summed E-state index contributed by atoms with van der Waals surface area (Å²) in [6, 6.07) is 10.7. The molecule has 3 aromatic rings. The van der Waals surface area contributed by atoms with E-state index < -0.39 is 0 Å². The molecule has 0 bridgehead atoms. The minimum Gasteiger partial charge on any atom is -0.324 e. The highest BCUT2D eigenvalue weighted by Crippen LogP contribution is 2.32. The molecule has 0 atom stereocenters. The molecule has 0 saturated carbocycles. The number of rotatable bonds is 5. The van der Waals surface area contributed by atoms with Crippen LogP contribution < -0.4 is 5.32 Å². The Morgan fingerprint density at radius 2 is 1.92 bits per heavy atom. The molecule has 124 valence electrons. The monoisotopic (exact) mass is 416 g/mol. The Labute approximate surface area is 162 Å². The number of benzene rings is 2. The quantitative estimate of drug-likeness (QED) is 0.490. The van der Waals surface area contributed by atoms with Crippen molar-refractivity contribution in [1.82, 2.24) is 4.98 Å². The first-order chi connectivity index (χ1) is 11.5. The molecule has 3 rings (SSSR count). The Kier molecular flexibility index (Phi) is 5.89. The van der Waals surface area contributed by atoms with Gasteiger partial charge in [-0.2, -0.15) is 0 Å². The predicted molar refractivity (Wildman–Crippen MR) is 105 cm³/mol. The van der Waals surface area contributed by atoms with Crippen molar-refractivity contribution in [3.05, 3.63) is 51.5 Å². The van der Waals surface area contributed by atoms with Crippen LogP contribution in [0.25, 0.3) is 10.2 Å². The molecular formula is C16H11Cl3N2OS2. The van der Waals surface area contributed by atoms with E-state index in [4.69, 9.17) is 34.8 Å². The number of aromatic nitrogens is 1. The molecule has 8 heteroatoms. The van der Waals surface area contributed by atoms with Crippen LogP contribution in [-0.4, -0.2) is 16.6 Å². The van der Waals surface area contributed by atoms with Crippen LogP contribution >= 0.6 is 57.9 Å². The van der Waals surface area contributed by atoms with E-state index in [-0.39, 0.29) is 5.91 Å². The third kappa shape index (κ3) is 4.35. The summed E-state index contributed by atoms with van der Waals surface area (Å²) in [5.41, 5.74) is 1.33. The van der Waals surface area contributed by atoms with Crippen molar-refractivity contribution in [2.24, 2.45) is 0 Å². The van der Waals surface area contributed by atoms with Gasteiger partial charge < -0.3 is 5.32 Å². The van der Waals surface area contributed by atoms with E-state index in [9.17, 15) is 4.79 Å². The van der Waals surface area contributed by atoms with Gasteiger partial charge >= 0.3 is 0 Å². The fraction of sp³-hybridized carbons (Fsp3) is 0.125. The van der Waals surface area contributed by atoms with Crippen molar-refractivity contribution in [2.45, 2.75) is 10.8 Å². The van der Waals surface area contributed by atoms with E-state index in [1.807, 2.05) is 18.2 Å². The number of hydrogen-bond acceptors (Lipinski definition) is 4. The van der Waals surface area contributed by atoms with Crippen LogP contribution in [0, 0.1) is 0 Å². The molecule has 3 nitrogen and oxygen atoms in total. The maximum Gasteiger partial charge on any atom is 0.225 e. The fourth-order valence-electron chi connectivity index (χ4n) is 1.99. The number of nitrogens with one attached hydrogen (secondary N) is 1. The SMILES string of the molecule is O=C(CCSc1nc2cc(Cl)ccc2s1)Nc1c(Cl)cccc1Cl. The summed E-state index contributed by atoms with van der Waals surface area (Å²) in [7, 11) is 0. The van der Waals surface area contributed by atoms with Gasteiger partial charge in [-0.25, -0.2) is 4.98 Å². The Bertz CT molecular complexity index is 878. The van der Waals surface area contributed by atoms with Gasteiger partial charge in [-0.05, 0) is 30.3 Å². The molecule has 1 heterocycles. The molecular weight excluding hydrogens is 407 g/mol. The van der Waals surface area contributed by atoms with Crippen molar-refractivity contribution in [2.75, 3.05) is 11.1 Å². The highest BCUT2D eigenvalue weighted by Gasteiger charge is 2.11. The first-order valence-electron chi connectivity index (χ1n) is 6.95. The Morgan fingerprint density at radius 1 is 1.17 bits per heavy atom. The molecule has 0 spiro atoms. The normalized spacial score (nSPS) is 11.0. The molecule has 0 saturated heterocycles. The number of para-hydroxylation sites is 1. The number of fused-ring (bicyclic) bond motifs is 1. The lowest BCUT2D eigenvalue weighted by molar-refractivity contribution is -0.115. The highest BCUT2D eigenvalue weighted by atomic mass is 35.5. The standard InChI is InChI=1S/C16H11Cl3N2OS2/c17-9-4-5-13-12(8-9)20-16(24-13)23-7-6-14(22)21-15-10(18)2-1-3-11(15)19/h1-5,8H,6-7H2,(H,21,22). The van der Waals surface area contributed by atoms with Gasteiger partial charge in [0.1, 0.15) is 0 Å². The van der Waals surface area contributed by atoms with Crippen LogP contribution in [0.5, 0.6) is 0 Å². The number of thioether (sulfide) groups is 1. The van der Waals surface area contributed by atoms with Crippen LogP contribution in [-0.2, 0) is 4.79 Å². The van der Waals surface area contributed by atoms with Crippen molar-refractivity contribution in [3.8, 4) is 0 Å². The predicted octanol–water partition coefficient (Wildman–Crippen LogP) is 6.38. The fourth-order valence-corrected chi connectivity index (χ4v) is 4.71. The first kappa shape index (κ1) is 17.8. The Morgan fingerprint density at radius 3 is 2.67 bits per heavy atom. The maximum atomic E-state index is 12.0. The van der Waals surface area contributed by atoms with Gasteiger partial charge in [-0.3, -0.25) is 4.79 Å². The van der Waals surface area contributed by atoms with Gasteiger partial charge in [0.15, 0.2) is 4.34 Å². The summed E-state index contributed by atoms with van der Waals surface area (Å²) in [6.07, 6.45) is 0.336. The largest absolute Gasteiger partial charge is 0.324 e. The number of halogens is 3. The third-order valence-corrected chi connectivity index (χ3v) is 6.16. The van der Waals surface area contributed by atoms with E-state index >= 15 is 0 Å². The molecule has 0 radical (unpaired) electrons. The van der Waals surface area contributed by atoms with Gasteiger partial charge in [0, 0.05) is 17.2 Å². The summed E-state index contributed by atoms with van der Waals surface area (Å²) in [6.45, 7) is 0. The number of carbonyl (C=O) groups excluding carboxylic acids is 1. The van der Waals surface area contributed by atoms with Gasteiger partial charge in [0.2, 0.25) is 5.91 Å². The molecule has 0 aliphatic carbocycles. The average molecular weight is 418 g/mol. The van der Waals surface area contributed by atoms with Crippen molar-refractivity contribution in [1.29, 1.82) is 0 Å². The molecule has 0 aliphatic rings. The minimum atomic E-state index is -0.137. The van der Waals surface area contributed by atoms with Crippen LogP contribution in [0.1, 0.15) is 6.42 Å². The summed E-state index contributed by atoms with van der Waals surface area (Å²) in [5.74, 6) is 0.475. The lowest BCUT2D eigenvalue weighted by atomic mass is 10.3. The zero-order valence-electron chi connectivity index (χ0n) is 12.2. The molecule has 1 amide bonds. The lowest BCUT2D eigenvalue weighted by Crippen LogP contribution is -2.12. The number of nitrogens with zero attached hydrogens (tertiary/aromatic N) is 1. The van der Waals surface area contributed by atoms with Crippen LogP contribution in [0.4, 0.5) is 5.69 Å². The molecule has 0 aliphatic heterocycles. The number of amides is 1. The smallest absolute Gasteiger partial charge is 0.225 e. The van der Waals surface area contributed by atoms with Crippen molar-refractivity contribution < 1.29 is 4.79 Å². The molecule has 0 unspecified atom stereocenters. The van der Waals surface area contributed by atoms with Crippen LogP contribution in [0.3, 0.4) is 0 Å². The number of carbonyl (C=O) groups is 1. The second-order valence-electron chi connectivity index (χ2n) is 4.84. The number of thiazole rings is 1.